The number of benzene rings is 1. The largest absolute Gasteiger partial charge is 0.308 e. The average Bonchev–Trinajstić information content (AvgIpc) is 2.34. The van der Waals surface area contributed by atoms with E-state index in [-0.39, 0.29) is 10.7 Å². The Labute approximate surface area is 103 Å². The number of H-pyrrole nitrogens is 2. The Morgan fingerprint density at radius 1 is 1.00 bits per heavy atom. The van der Waals surface area contributed by atoms with Crippen molar-refractivity contribution < 1.29 is 0 Å². The van der Waals surface area contributed by atoms with Crippen LogP contribution < -0.4 is 21.8 Å². The first kappa shape index (κ1) is 11.9. The number of aromatic amines is 2. The summed E-state index contributed by atoms with van der Waals surface area (Å²) in [5.74, 6) is 0. The highest BCUT2D eigenvalue weighted by Crippen LogP contribution is 2.00. The number of hydrogen-bond donors (Lipinski definition) is 2. The molecule has 2 aromatic rings. The van der Waals surface area contributed by atoms with Crippen molar-refractivity contribution in [3.63, 3.8) is 0 Å². The molecule has 0 bridgehead atoms. The van der Waals surface area contributed by atoms with Gasteiger partial charge >= 0.3 is 0 Å². The van der Waals surface area contributed by atoms with Gasteiger partial charge in [0.15, 0.2) is 0 Å². The standard InChI is InChI=1S/C14H12N2O2/c1-10-15-13(17)12(14(18)16-10)9-5-8-11-6-3-2-4-7-11/h2-9H,1H2,(H,15,17)(H,16,18)/b8-5+. The molecule has 90 valence electrons. The summed E-state index contributed by atoms with van der Waals surface area (Å²) < 4.78 is 0. The van der Waals surface area contributed by atoms with Crippen molar-refractivity contribution in [3.05, 3.63) is 73.4 Å². The monoisotopic (exact) mass is 240 g/mol. The number of rotatable bonds is 2. The van der Waals surface area contributed by atoms with Crippen molar-refractivity contribution in [2.45, 2.75) is 0 Å². The Kier molecular flexibility index (Phi) is 3.38. The molecule has 4 heteroatoms. The van der Waals surface area contributed by atoms with Gasteiger partial charge in [0.25, 0.3) is 11.1 Å². The minimum absolute atomic E-state index is 0.0644. The lowest BCUT2D eigenvalue weighted by Crippen LogP contribution is -2.47. The molecular formula is C14H12N2O2. The third kappa shape index (κ3) is 2.74. The van der Waals surface area contributed by atoms with Crippen LogP contribution in [0.5, 0.6) is 0 Å². The van der Waals surface area contributed by atoms with E-state index in [1.165, 1.54) is 6.08 Å². The van der Waals surface area contributed by atoms with Crippen LogP contribution in [0.25, 0.3) is 18.7 Å². The maximum Gasteiger partial charge on any atom is 0.262 e. The van der Waals surface area contributed by atoms with Gasteiger partial charge in [0.05, 0.1) is 0 Å². The Bertz CT molecular complexity index is 746. The van der Waals surface area contributed by atoms with Crippen LogP contribution in [0.15, 0.2) is 46.0 Å². The molecule has 0 atom stereocenters. The van der Waals surface area contributed by atoms with Crippen LogP contribution in [0.1, 0.15) is 5.56 Å². The highest BCUT2D eigenvalue weighted by molar-refractivity contribution is 5.57. The van der Waals surface area contributed by atoms with Gasteiger partial charge in [-0.1, -0.05) is 49.1 Å². The highest BCUT2D eigenvalue weighted by atomic mass is 16.1. The third-order valence-corrected chi connectivity index (χ3v) is 2.37. The first-order valence-electron chi connectivity index (χ1n) is 5.42. The zero-order chi connectivity index (χ0) is 13.0. The molecule has 18 heavy (non-hydrogen) atoms. The summed E-state index contributed by atoms with van der Waals surface area (Å²) in [7, 11) is 0. The number of aromatic nitrogens is 2. The molecule has 0 aliphatic rings. The fraction of sp³-hybridized carbons (Fsp3) is 0. The molecule has 1 aromatic heterocycles. The fourth-order valence-electron chi connectivity index (χ4n) is 1.51. The average molecular weight is 240 g/mol. The van der Waals surface area contributed by atoms with Gasteiger partial charge in [-0.25, -0.2) is 0 Å². The first-order chi connectivity index (χ1) is 8.66. The van der Waals surface area contributed by atoms with E-state index in [1.54, 1.807) is 6.08 Å². The van der Waals surface area contributed by atoms with E-state index >= 15 is 0 Å². The van der Waals surface area contributed by atoms with Crippen molar-refractivity contribution in [2.24, 2.45) is 0 Å². The Morgan fingerprint density at radius 3 is 2.22 bits per heavy atom. The molecule has 0 spiro atoms. The smallest absolute Gasteiger partial charge is 0.262 e. The molecule has 2 rings (SSSR count). The van der Waals surface area contributed by atoms with Gasteiger partial charge in [0, 0.05) is 0 Å². The van der Waals surface area contributed by atoms with Crippen molar-refractivity contribution >= 4 is 18.7 Å². The van der Waals surface area contributed by atoms with E-state index in [9.17, 15) is 9.59 Å². The molecule has 0 unspecified atom stereocenters. The van der Waals surface area contributed by atoms with E-state index in [4.69, 9.17) is 0 Å². The summed E-state index contributed by atoms with van der Waals surface area (Å²) in [6.45, 7) is 3.47. The van der Waals surface area contributed by atoms with Crippen LogP contribution >= 0.6 is 0 Å². The van der Waals surface area contributed by atoms with E-state index in [1.807, 2.05) is 36.4 Å². The van der Waals surface area contributed by atoms with Gasteiger partial charge < -0.3 is 9.97 Å². The SMILES string of the molecule is C=c1[nH]c(=O)c(=C/C=C/c2ccccc2)c(=O)[nH]1. The summed E-state index contributed by atoms with van der Waals surface area (Å²) in [5.41, 5.74) is 0.312. The van der Waals surface area contributed by atoms with Crippen molar-refractivity contribution in [1.29, 1.82) is 0 Å². The lowest BCUT2D eigenvalue weighted by Gasteiger charge is -1.89. The summed E-state index contributed by atoms with van der Waals surface area (Å²) in [6.07, 6.45) is 4.96. The maximum absolute atomic E-state index is 11.5. The number of nitrogens with one attached hydrogen (secondary N) is 2. The second kappa shape index (κ2) is 5.14. The van der Waals surface area contributed by atoms with Gasteiger partial charge in [-0.3, -0.25) is 9.59 Å². The lowest BCUT2D eigenvalue weighted by atomic mass is 10.2. The molecule has 0 aliphatic heterocycles. The second-order valence-electron chi connectivity index (χ2n) is 3.74. The quantitative estimate of drug-likeness (QED) is 0.774. The van der Waals surface area contributed by atoms with Gasteiger partial charge in [-0.2, -0.15) is 0 Å². The number of hydrogen-bond acceptors (Lipinski definition) is 2. The Hall–Kier alpha value is -2.62. The molecule has 0 amide bonds. The highest BCUT2D eigenvalue weighted by Gasteiger charge is 1.92. The fourth-order valence-corrected chi connectivity index (χ4v) is 1.51. The predicted octanol–water partition coefficient (Wildman–Crippen LogP) is -0.0326. The predicted molar refractivity (Wildman–Crippen MR) is 72.4 cm³/mol. The molecule has 0 fully saturated rings. The van der Waals surface area contributed by atoms with Crippen LogP contribution in [-0.4, -0.2) is 9.97 Å². The van der Waals surface area contributed by atoms with Crippen LogP contribution in [-0.2, 0) is 0 Å². The van der Waals surface area contributed by atoms with Gasteiger partial charge in [-0.15, -0.1) is 0 Å². The van der Waals surface area contributed by atoms with Crippen LogP contribution in [0.2, 0.25) is 0 Å². The van der Waals surface area contributed by atoms with Gasteiger partial charge in [0.2, 0.25) is 0 Å². The molecule has 0 saturated carbocycles. The maximum atomic E-state index is 11.5. The summed E-state index contributed by atoms with van der Waals surface area (Å²) in [6, 6.07) is 9.60. The van der Waals surface area contributed by atoms with Crippen LogP contribution in [0.4, 0.5) is 0 Å². The summed E-state index contributed by atoms with van der Waals surface area (Å²) >= 11 is 0. The molecule has 4 nitrogen and oxygen atoms in total. The molecule has 2 N–H and O–H groups in total. The Balaban J connectivity index is 2.43. The van der Waals surface area contributed by atoms with Crippen molar-refractivity contribution in [3.8, 4) is 0 Å². The normalized spacial score (nSPS) is 10.7. The molecule has 0 radical (unpaired) electrons. The van der Waals surface area contributed by atoms with Crippen LogP contribution in [0.3, 0.4) is 0 Å². The van der Waals surface area contributed by atoms with E-state index in [0.29, 0.717) is 0 Å². The molecule has 1 aromatic carbocycles. The first-order valence-corrected chi connectivity index (χ1v) is 5.42. The van der Waals surface area contributed by atoms with Crippen molar-refractivity contribution in [2.75, 3.05) is 0 Å². The zero-order valence-corrected chi connectivity index (χ0v) is 9.64. The number of allylic oxidation sites excluding steroid dienone is 1. The van der Waals surface area contributed by atoms with Gasteiger partial charge in [0.1, 0.15) is 10.7 Å². The Morgan fingerprint density at radius 2 is 1.61 bits per heavy atom. The van der Waals surface area contributed by atoms with Crippen molar-refractivity contribution in [1.82, 2.24) is 9.97 Å². The molecule has 0 aliphatic carbocycles. The molecular weight excluding hydrogens is 228 g/mol. The van der Waals surface area contributed by atoms with E-state index < -0.39 is 11.1 Å². The second-order valence-corrected chi connectivity index (χ2v) is 3.74. The lowest BCUT2D eigenvalue weighted by molar-refractivity contribution is 0.993. The molecule has 0 saturated heterocycles. The summed E-state index contributed by atoms with van der Waals surface area (Å²) in [5, 5.41) is 0.0644. The van der Waals surface area contributed by atoms with E-state index in [0.717, 1.165) is 5.56 Å². The van der Waals surface area contributed by atoms with Gasteiger partial charge in [-0.05, 0) is 11.6 Å². The summed E-state index contributed by atoms with van der Waals surface area (Å²) in [4.78, 5) is 27.9. The van der Waals surface area contributed by atoms with Crippen LogP contribution in [0, 0.1) is 0 Å². The third-order valence-electron chi connectivity index (χ3n) is 2.37. The minimum Gasteiger partial charge on any atom is -0.308 e. The topological polar surface area (TPSA) is 65.7 Å². The molecule has 1 heterocycles. The zero-order valence-electron chi connectivity index (χ0n) is 9.64. The minimum atomic E-state index is -0.443. The van der Waals surface area contributed by atoms with E-state index in [2.05, 4.69) is 16.5 Å².